The normalized spacial score (nSPS) is 22.4. The highest BCUT2D eigenvalue weighted by Crippen LogP contribution is 2.31. The minimum atomic E-state index is -0.598. The Bertz CT molecular complexity index is 886. The number of rotatable bonds is 10. The van der Waals surface area contributed by atoms with E-state index in [4.69, 9.17) is 0 Å². The lowest BCUT2D eigenvalue weighted by Crippen LogP contribution is -2.51. The maximum atomic E-state index is 13.5. The van der Waals surface area contributed by atoms with Crippen molar-refractivity contribution < 1.29 is 19.6 Å². The third kappa shape index (κ3) is 6.53. The summed E-state index contributed by atoms with van der Waals surface area (Å²) in [7, 11) is 2.09. The number of hydroxylamine groups is 2. The van der Waals surface area contributed by atoms with Crippen molar-refractivity contribution in [2.75, 3.05) is 51.2 Å². The van der Waals surface area contributed by atoms with E-state index in [1.807, 2.05) is 0 Å². The zero-order valence-electron chi connectivity index (χ0n) is 20.5. The lowest BCUT2D eigenvalue weighted by molar-refractivity contribution is -0.159. The van der Waals surface area contributed by atoms with Gasteiger partial charge in [0, 0.05) is 38.9 Å². The molecule has 3 heterocycles. The number of Topliss-reactive ketones (excluding diaryl/α,β-unsaturated/α-hetero) is 1. The summed E-state index contributed by atoms with van der Waals surface area (Å²) in [5, 5.41) is 11.8. The molecule has 4 rings (SSSR count). The molecule has 2 N–H and O–H groups in total. The Morgan fingerprint density at radius 1 is 1.23 bits per heavy atom. The minimum absolute atomic E-state index is 0.0712. The zero-order chi connectivity index (χ0) is 24.8. The largest absolute Gasteiger partial charge is 0.338 e. The first-order valence-corrected chi connectivity index (χ1v) is 12.7. The Labute approximate surface area is 206 Å². The molecular formula is C24H37N7O4. The lowest BCUT2D eigenvalue weighted by atomic mass is 9.91. The van der Waals surface area contributed by atoms with Crippen molar-refractivity contribution in [1.29, 1.82) is 0 Å². The number of hydrogen-bond acceptors (Lipinski definition) is 9. The van der Waals surface area contributed by atoms with Gasteiger partial charge in [0.05, 0.1) is 24.6 Å². The number of piperazine rings is 1. The first kappa shape index (κ1) is 25.5. The fourth-order valence-corrected chi connectivity index (χ4v) is 5.40. The van der Waals surface area contributed by atoms with Crippen LogP contribution in [-0.2, 0) is 20.8 Å². The molecule has 0 bridgehead atoms. The summed E-state index contributed by atoms with van der Waals surface area (Å²) in [5.74, 6) is 0.151. The van der Waals surface area contributed by atoms with Gasteiger partial charge in [-0.3, -0.25) is 24.6 Å². The van der Waals surface area contributed by atoms with E-state index in [9.17, 15) is 19.6 Å². The number of carbonyl (C=O) groups excluding carboxylic acids is 3. The molecule has 35 heavy (non-hydrogen) atoms. The van der Waals surface area contributed by atoms with E-state index in [-0.39, 0.29) is 24.7 Å². The summed E-state index contributed by atoms with van der Waals surface area (Å²) in [6, 6.07) is 1.15. The second-order valence-electron chi connectivity index (χ2n) is 10.0. The fourth-order valence-electron chi connectivity index (χ4n) is 5.40. The number of anilines is 1. The summed E-state index contributed by atoms with van der Waals surface area (Å²) in [6.07, 6.45) is 7.63. The molecular weight excluding hydrogens is 450 g/mol. The molecule has 1 saturated carbocycles. The molecule has 2 amide bonds. The van der Waals surface area contributed by atoms with Gasteiger partial charge in [0.25, 0.3) is 0 Å². The van der Waals surface area contributed by atoms with Crippen LogP contribution < -0.4 is 10.3 Å². The molecule has 11 nitrogen and oxygen atoms in total. The molecule has 192 valence electrons. The molecule has 3 aliphatic rings. The predicted octanol–water partition coefficient (Wildman–Crippen LogP) is 0.490. The fraction of sp³-hybridized carbons (Fsp3) is 0.708. The molecule has 1 aliphatic carbocycles. The van der Waals surface area contributed by atoms with Crippen molar-refractivity contribution in [1.82, 2.24) is 30.4 Å². The van der Waals surface area contributed by atoms with Gasteiger partial charge in [-0.25, -0.2) is 20.5 Å². The Kier molecular flexibility index (Phi) is 8.64. The van der Waals surface area contributed by atoms with Crippen LogP contribution in [0.15, 0.2) is 12.3 Å². The number of carbonyl (C=O) groups is 3. The third-order valence-electron chi connectivity index (χ3n) is 7.43. The second kappa shape index (κ2) is 11.9. The molecule has 2 aliphatic heterocycles. The summed E-state index contributed by atoms with van der Waals surface area (Å²) >= 11 is 0. The van der Waals surface area contributed by atoms with Crippen LogP contribution in [0.2, 0.25) is 0 Å². The van der Waals surface area contributed by atoms with E-state index < -0.39 is 12.0 Å². The molecule has 2 atom stereocenters. The minimum Gasteiger partial charge on any atom is -0.338 e. The van der Waals surface area contributed by atoms with Crippen LogP contribution in [0.4, 0.5) is 5.95 Å². The average Bonchev–Trinajstić information content (AvgIpc) is 3.56. The Hall–Kier alpha value is -2.63. The van der Waals surface area contributed by atoms with E-state index in [0.717, 1.165) is 51.9 Å². The number of likely N-dealkylation sites (N-methyl/N-ethyl adjacent to an activating group) is 1. The van der Waals surface area contributed by atoms with Gasteiger partial charge in [-0.1, -0.05) is 25.7 Å². The van der Waals surface area contributed by atoms with Crippen LogP contribution in [0.5, 0.6) is 0 Å². The number of hydrogen-bond donors (Lipinski definition) is 2. The number of ketones is 1. The Morgan fingerprint density at radius 2 is 1.97 bits per heavy atom. The molecule has 3 fully saturated rings. The summed E-state index contributed by atoms with van der Waals surface area (Å²) in [5.41, 5.74) is 3.71. The number of nitrogens with zero attached hydrogens (tertiary/aromatic N) is 6. The van der Waals surface area contributed by atoms with Crippen LogP contribution in [0.1, 0.15) is 44.2 Å². The van der Waals surface area contributed by atoms with Gasteiger partial charge in [-0.15, -0.1) is 0 Å². The van der Waals surface area contributed by atoms with Gasteiger partial charge in [-0.05, 0) is 31.9 Å². The van der Waals surface area contributed by atoms with Crippen LogP contribution in [0, 0.1) is 11.8 Å². The molecule has 0 spiro atoms. The highest BCUT2D eigenvalue weighted by molar-refractivity contribution is 5.91. The summed E-state index contributed by atoms with van der Waals surface area (Å²) in [6.45, 7) is 4.01. The summed E-state index contributed by atoms with van der Waals surface area (Å²) < 4.78 is 0. The number of hydrazine groups is 1. The second-order valence-corrected chi connectivity index (χ2v) is 10.0. The highest BCUT2D eigenvalue weighted by Gasteiger charge is 2.38. The molecule has 1 aromatic rings. The molecule has 0 unspecified atom stereocenters. The molecule has 0 aromatic carbocycles. The lowest BCUT2D eigenvalue weighted by Gasteiger charge is -2.32. The topological polar surface area (TPSA) is 122 Å². The number of aromatic nitrogens is 2. The van der Waals surface area contributed by atoms with Gasteiger partial charge < -0.3 is 9.80 Å². The molecule has 1 aromatic heterocycles. The van der Waals surface area contributed by atoms with E-state index in [0.29, 0.717) is 48.4 Å². The smallest absolute Gasteiger partial charge is 0.242 e. The maximum Gasteiger partial charge on any atom is 0.242 e. The van der Waals surface area contributed by atoms with Crippen LogP contribution in [-0.4, -0.2) is 101 Å². The van der Waals surface area contributed by atoms with Crippen molar-refractivity contribution in [3.05, 3.63) is 18.0 Å². The molecule has 0 radical (unpaired) electrons. The third-order valence-corrected chi connectivity index (χ3v) is 7.43. The summed E-state index contributed by atoms with van der Waals surface area (Å²) in [4.78, 5) is 51.2. The quantitative estimate of drug-likeness (QED) is 0.276. The Morgan fingerprint density at radius 3 is 2.69 bits per heavy atom. The zero-order valence-corrected chi connectivity index (χ0v) is 20.5. The van der Waals surface area contributed by atoms with Crippen LogP contribution in [0.25, 0.3) is 0 Å². The maximum absolute atomic E-state index is 13.5. The first-order chi connectivity index (χ1) is 16.9. The van der Waals surface area contributed by atoms with E-state index in [1.54, 1.807) is 12.3 Å². The molecule has 2 saturated heterocycles. The van der Waals surface area contributed by atoms with E-state index in [1.165, 1.54) is 5.01 Å². The van der Waals surface area contributed by atoms with Crippen molar-refractivity contribution in [2.24, 2.45) is 11.8 Å². The standard InChI is InChI=1S/C24H37N7O4/c1-28-10-12-29(13-11-28)24-25-8-6-20(27-24)15-22(33)21-7-9-26-31(21)23(34)19(16-30(35)17-32)14-18-4-2-3-5-18/h6,8,17-19,21,26,35H,2-5,7,9-16H2,1H3/t19-,21+/m1/s1. The first-order valence-electron chi connectivity index (χ1n) is 12.7. The van der Waals surface area contributed by atoms with Gasteiger partial charge in [0.15, 0.2) is 5.78 Å². The average molecular weight is 488 g/mol. The number of amides is 2. The Balaban J connectivity index is 1.41. The SMILES string of the molecule is CN1CCN(c2nccc(CC(=O)[C@@H]3CCNN3C(=O)[C@H](CC3CCCC3)CN(O)C=O)n2)CC1. The highest BCUT2D eigenvalue weighted by atomic mass is 16.5. The van der Waals surface area contributed by atoms with E-state index in [2.05, 4.69) is 32.2 Å². The van der Waals surface area contributed by atoms with Crippen LogP contribution >= 0.6 is 0 Å². The predicted molar refractivity (Wildman–Crippen MR) is 128 cm³/mol. The van der Waals surface area contributed by atoms with Crippen molar-refractivity contribution in [3.63, 3.8) is 0 Å². The number of nitrogens with one attached hydrogen (secondary N) is 1. The van der Waals surface area contributed by atoms with Crippen molar-refractivity contribution in [3.8, 4) is 0 Å². The van der Waals surface area contributed by atoms with Crippen molar-refractivity contribution >= 4 is 24.0 Å². The van der Waals surface area contributed by atoms with Gasteiger partial charge in [-0.2, -0.15) is 0 Å². The van der Waals surface area contributed by atoms with Gasteiger partial charge in [0.2, 0.25) is 18.3 Å². The van der Waals surface area contributed by atoms with Crippen LogP contribution in [0.3, 0.4) is 0 Å². The van der Waals surface area contributed by atoms with Gasteiger partial charge in [0.1, 0.15) is 6.04 Å². The van der Waals surface area contributed by atoms with Gasteiger partial charge >= 0.3 is 0 Å². The monoisotopic (exact) mass is 487 g/mol. The molecule has 11 heteroatoms. The van der Waals surface area contributed by atoms with E-state index >= 15 is 0 Å². The van der Waals surface area contributed by atoms with Crippen molar-refractivity contribution in [2.45, 2.75) is 51.0 Å².